The van der Waals surface area contributed by atoms with Crippen molar-refractivity contribution in [1.82, 2.24) is 4.90 Å². The largest absolute Gasteiger partial charge is 0.497 e. The number of carbonyl (C=O) groups excluding carboxylic acids is 3. The van der Waals surface area contributed by atoms with Gasteiger partial charge in [-0.15, -0.1) is 0 Å². The van der Waals surface area contributed by atoms with Crippen LogP contribution in [0.1, 0.15) is 31.2 Å². The van der Waals surface area contributed by atoms with Gasteiger partial charge in [-0.3, -0.25) is 14.4 Å². The molecule has 1 atom stereocenters. The molecular formula is C19H19NO5. The summed E-state index contributed by atoms with van der Waals surface area (Å²) in [7, 11) is 1.61. The second kappa shape index (κ2) is 6.93. The molecule has 0 bridgehead atoms. The lowest BCUT2D eigenvalue weighted by atomic mass is 9.98. The Morgan fingerprint density at radius 2 is 1.72 bits per heavy atom. The fourth-order valence-electron chi connectivity index (χ4n) is 2.79. The average molecular weight is 341 g/mol. The molecule has 1 unspecified atom stereocenters. The van der Waals surface area contributed by atoms with Gasteiger partial charge in [-0.2, -0.15) is 0 Å². The number of rotatable bonds is 5. The zero-order valence-electron chi connectivity index (χ0n) is 14.2. The number of ether oxygens (including phenoxy) is 2. The van der Waals surface area contributed by atoms with Gasteiger partial charge in [0.1, 0.15) is 5.75 Å². The van der Waals surface area contributed by atoms with Crippen molar-refractivity contribution in [1.29, 1.82) is 0 Å². The summed E-state index contributed by atoms with van der Waals surface area (Å²) >= 11 is 0. The molecule has 1 saturated heterocycles. The predicted molar refractivity (Wildman–Crippen MR) is 91.0 cm³/mol. The van der Waals surface area contributed by atoms with Gasteiger partial charge in [0.15, 0.2) is 6.73 Å². The molecule has 0 spiro atoms. The van der Waals surface area contributed by atoms with Gasteiger partial charge in [-0.25, -0.2) is 4.90 Å². The monoisotopic (exact) mass is 341 g/mol. The van der Waals surface area contributed by atoms with Crippen molar-refractivity contribution in [2.45, 2.75) is 25.7 Å². The molecule has 2 amide bonds. The van der Waals surface area contributed by atoms with Crippen molar-refractivity contribution in [3.63, 3.8) is 0 Å². The van der Waals surface area contributed by atoms with E-state index < -0.39 is 11.9 Å². The topological polar surface area (TPSA) is 72.9 Å². The van der Waals surface area contributed by atoms with E-state index in [1.807, 2.05) is 36.4 Å². The maximum absolute atomic E-state index is 12.3. The third-order valence-electron chi connectivity index (χ3n) is 4.42. The van der Waals surface area contributed by atoms with Crippen molar-refractivity contribution >= 4 is 28.6 Å². The van der Waals surface area contributed by atoms with Crippen LogP contribution in [0.3, 0.4) is 0 Å². The maximum atomic E-state index is 12.3. The molecule has 1 heterocycles. The Hall–Kier alpha value is -2.89. The van der Waals surface area contributed by atoms with Gasteiger partial charge in [0.25, 0.3) is 0 Å². The Balaban J connectivity index is 1.70. The van der Waals surface area contributed by atoms with Crippen LogP contribution < -0.4 is 4.74 Å². The van der Waals surface area contributed by atoms with Gasteiger partial charge in [0.2, 0.25) is 11.8 Å². The van der Waals surface area contributed by atoms with Crippen molar-refractivity contribution < 1.29 is 23.9 Å². The van der Waals surface area contributed by atoms with Gasteiger partial charge in [-0.05, 0) is 35.4 Å². The number of nitrogens with zero attached hydrogens (tertiary/aromatic N) is 1. The molecule has 6 heteroatoms. The van der Waals surface area contributed by atoms with Gasteiger partial charge in [0, 0.05) is 12.8 Å². The fourth-order valence-corrected chi connectivity index (χ4v) is 2.79. The molecular weight excluding hydrogens is 322 g/mol. The molecule has 2 aromatic rings. The highest BCUT2D eigenvalue weighted by Crippen LogP contribution is 2.26. The summed E-state index contributed by atoms with van der Waals surface area (Å²) in [6, 6.07) is 11.4. The van der Waals surface area contributed by atoms with Gasteiger partial charge in [0.05, 0.1) is 13.0 Å². The van der Waals surface area contributed by atoms with Crippen molar-refractivity contribution in [2.24, 2.45) is 0 Å². The molecule has 6 nitrogen and oxygen atoms in total. The molecule has 1 aliphatic heterocycles. The van der Waals surface area contributed by atoms with Crippen molar-refractivity contribution in [2.75, 3.05) is 13.8 Å². The first kappa shape index (κ1) is 17.0. The minimum Gasteiger partial charge on any atom is -0.497 e. The Morgan fingerprint density at radius 3 is 2.40 bits per heavy atom. The normalized spacial score (nSPS) is 15.5. The van der Waals surface area contributed by atoms with Crippen LogP contribution in [0.2, 0.25) is 0 Å². The third-order valence-corrected chi connectivity index (χ3v) is 4.42. The number of amides is 2. The summed E-state index contributed by atoms with van der Waals surface area (Å²) in [5, 5.41) is 2.00. The van der Waals surface area contributed by atoms with E-state index in [0.717, 1.165) is 27.0 Å². The summed E-state index contributed by atoms with van der Waals surface area (Å²) in [4.78, 5) is 36.3. The van der Waals surface area contributed by atoms with Gasteiger partial charge < -0.3 is 9.47 Å². The Bertz CT molecular complexity index is 829. The Kier molecular flexibility index (Phi) is 4.70. The molecule has 3 rings (SSSR count). The van der Waals surface area contributed by atoms with Gasteiger partial charge >= 0.3 is 5.97 Å². The number of hydrogen-bond acceptors (Lipinski definition) is 5. The highest BCUT2D eigenvalue weighted by Gasteiger charge is 2.30. The number of hydrogen-bond donors (Lipinski definition) is 0. The minimum absolute atomic E-state index is 0.181. The molecule has 1 aliphatic rings. The minimum atomic E-state index is -0.501. The van der Waals surface area contributed by atoms with E-state index in [1.165, 1.54) is 0 Å². The predicted octanol–water partition coefficient (Wildman–Crippen LogP) is 2.60. The summed E-state index contributed by atoms with van der Waals surface area (Å²) < 4.78 is 10.4. The first-order chi connectivity index (χ1) is 12.0. The van der Waals surface area contributed by atoms with Crippen molar-refractivity contribution in [3.05, 3.63) is 42.0 Å². The summed E-state index contributed by atoms with van der Waals surface area (Å²) in [5.41, 5.74) is 0.807. The van der Waals surface area contributed by atoms with E-state index in [0.29, 0.717) is 0 Å². The summed E-state index contributed by atoms with van der Waals surface area (Å²) in [5.74, 6) is -0.803. The van der Waals surface area contributed by atoms with Crippen LogP contribution in [0.5, 0.6) is 5.75 Å². The highest BCUT2D eigenvalue weighted by molar-refractivity contribution is 6.01. The zero-order valence-corrected chi connectivity index (χ0v) is 14.2. The van der Waals surface area contributed by atoms with E-state index in [-0.39, 0.29) is 31.4 Å². The number of esters is 1. The summed E-state index contributed by atoms with van der Waals surface area (Å²) in [6.07, 6.45) is 0.361. The van der Waals surface area contributed by atoms with Crippen LogP contribution in [-0.2, 0) is 19.1 Å². The fraction of sp³-hybridized carbons (Fsp3) is 0.316. The third kappa shape index (κ3) is 3.47. The molecule has 0 aromatic heterocycles. The van der Waals surface area contributed by atoms with Crippen LogP contribution in [0.25, 0.3) is 10.8 Å². The van der Waals surface area contributed by atoms with Gasteiger partial charge in [-0.1, -0.05) is 24.3 Å². The number of fused-ring (bicyclic) bond motifs is 1. The van der Waals surface area contributed by atoms with E-state index in [9.17, 15) is 14.4 Å². The van der Waals surface area contributed by atoms with E-state index in [2.05, 4.69) is 0 Å². The van der Waals surface area contributed by atoms with Crippen LogP contribution >= 0.6 is 0 Å². The Morgan fingerprint density at radius 1 is 1.08 bits per heavy atom. The molecule has 2 aromatic carbocycles. The number of benzene rings is 2. The molecule has 0 radical (unpaired) electrons. The second-order valence-corrected chi connectivity index (χ2v) is 6.00. The first-order valence-electron chi connectivity index (χ1n) is 8.07. The number of likely N-dealkylation sites (tertiary alicyclic amines) is 1. The molecule has 0 N–H and O–H groups in total. The maximum Gasteiger partial charge on any atom is 0.314 e. The SMILES string of the molecule is COc1ccc2cc(C(C)C(=O)OCN3C(=O)CCC3=O)ccc2c1. The lowest BCUT2D eigenvalue weighted by Crippen LogP contribution is -2.33. The van der Waals surface area contributed by atoms with E-state index >= 15 is 0 Å². The second-order valence-electron chi connectivity index (χ2n) is 6.00. The molecule has 25 heavy (non-hydrogen) atoms. The average Bonchev–Trinajstić information content (AvgIpc) is 2.96. The molecule has 0 aliphatic carbocycles. The number of imide groups is 1. The standard InChI is InChI=1S/C19H19NO5/c1-12(19(23)25-11-20-17(21)7-8-18(20)22)13-3-4-15-10-16(24-2)6-5-14(15)9-13/h3-6,9-10,12H,7-8,11H2,1-2H3. The van der Waals surface area contributed by atoms with Crippen LogP contribution in [0.15, 0.2) is 36.4 Å². The Labute approximate surface area is 145 Å². The highest BCUT2D eigenvalue weighted by atomic mass is 16.5. The molecule has 1 fully saturated rings. The number of carbonyl (C=O) groups is 3. The van der Waals surface area contributed by atoms with Crippen LogP contribution in [-0.4, -0.2) is 36.5 Å². The van der Waals surface area contributed by atoms with Crippen LogP contribution in [0, 0.1) is 0 Å². The first-order valence-corrected chi connectivity index (χ1v) is 8.07. The van der Waals surface area contributed by atoms with E-state index in [1.54, 1.807) is 14.0 Å². The lowest BCUT2D eigenvalue weighted by Gasteiger charge is -2.17. The molecule has 0 saturated carbocycles. The smallest absolute Gasteiger partial charge is 0.314 e. The van der Waals surface area contributed by atoms with Crippen molar-refractivity contribution in [3.8, 4) is 5.75 Å². The lowest BCUT2D eigenvalue weighted by molar-refractivity contribution is -0.156. The quantitative estimate of drug-likeness (QED) is 0.617. The van der Waals surface area contributed by atoms with Crippen LogP contribution in [0.4, 0.5) is 0 Å². The zero-order chi connectivity index (χ0) is 18.0. The number of methoxy groups -OCH3 is 1. The van der Waals surface area contributed by atoms with E-state index in [4.69, 9.17) is 9.47 Å². The summed E-state index contributed by atoms with van der Waals surface area (Å²) in [6.45, 7) is 1.42. The molecule has 130 valence electrons.